The van der Waals surface area contributed by atoms with Gasteiger partial charge >= 0.3 is 6.01 Å². The Hall–Kier alpha value is -3.58. The summed E-state index contributed by atoms with van der Waals surface area (Å²) in [4.78, 5) is 36.2. The highest BCUT2D eigenvalue weighted by Crippen LogP contribution is 2.45. The van der Waals surface area contributed by atoms with Crippen LogP contribution in [0.1, 0.15) is 60.3 Å². The molecule has 5 heterocycles. The Balaban J connectivity index is 1.09. The van der Waals surface area contributed by atoms with Crippen molar-refractivity contribution >= 4 is 17.4 Å². The lowest BCUT2D eigenvalue weighted by molar-refractivity contribution is -0.0315. The number of morpholine rings is 1. The first-order chi connectivity index (χ1) is 19.1. The zero-order valence-electron chi connectivity index (χ0n) is 22.1. The molecule has 0 radical (unpaired) electrons. The second-order valence-electron chi connectivity index (χ2n) is 11.5. The minimum atomic E-state index is -0.448. The van der Waals surface area contributed by atoms with Gasteiger partial charge in [-0.2, -0.15) is 15.2 Å². The van der Waals surface area contributed by atoms with Crippen molar-refractivity contribution in [1.29, 1.82) is 5.26 Å². The molecule has 0 N–H and O–H groups in total. The zero-order chi connectivity index (χ0) is 26.4. The van der Waals surface area contributed by atoms with Crippen LogP contribution in [0.2, 0.25) is 0 Å². The number of nitriles is 1. The maximum absolute atomic E-state index is 13.6. The van der Waals surface area contributed by atoms with Gasteiger partial charge in [-0.1, -0.05) is 0 Å². The van der Waals surface area contributed by atoms with E-state index in [1.54, 1.807) is 6.07 Å². The van der Waals surface area contributed by atoms with Crippen molar-refractivity contribution < 1.29 is 14.3 Å². The fourth-order valence-corrected chi connectivity index (χ4v) is 5.94. The number of anilines is 1. The average Bonchev–Trinajstić information content (AvgIpc) is 3.93. The molecule has 4 fully saturated rings. The van der Waals surface area contributed by atoms with E-state index in [2.05, 4.69) is 27.0 Å². The van der Waals surface area contributed by atoms with Crippen LogP contribution >= 0.6 is 0 Å². The van der Waals surface area contributed by atoms with Gasteiger partial charge in [0.05, 0.1) is 36.4 Å². The van der Waals surface area contributed by atoms with Gasteiger partial charge in [0.25, 0.3) is 5.91 Å². The highest BCUT2D eigenvalue weighted by Gasteiger charge is 2.44. The summed E-state index contributed by atoms with van der Waals surface area (Å²) in [6.07, 6.45) is 7.83. The number of nitrogens with zero attached hydrogens (tertiary/aromatic N) is 7. The summed E-state index contributed by atoms with van der Waals surface area (Å²) in [7, 11) is 0. The number of amides is 1. The van der Waals surface area contributed by atoms with Crippen molar-refractivity contribution in [3.63, 3.8) is 0 Å². The van der Waals surface area contributed by atoms with Crippen LogP contribution in [-0.4, -0.2) is 77.0 Å². The van der Waals surface area contributed by atoms with Crippen LogP contribution in [0.15, 0.2) is 29.4 Å². The van der Waals surface area contributed by atoms with Gasteiger partial charge in [-0.25, -0.2) is 0 Å². The Morgan fingerprint density at radius 3 is 2.79 bits per heavy atom. The minimum Gasteiger partial charge on any atom is -0.462 e. The van der Waals surface area contributed by atoms with Gasteiger partial charge in [-0.3, -0.25) is 14.8 Å². The highest BCUT2D eigenvalue weighted by atomic mass is 16.5. The number of aliphatic imine (C=N–C) groups is 1. The van der Waals surface area contributed by atoms with Crippen molar-refractivity contribution in [2.45, 2.75) is 51.2 Å². The first-order valence-corrected chi connectivity index (χ1v) is 14.2. The number of ether oxygens (including phenoxy) is 2. The topological polar surface area (TPSA) is 117 Å². The summed E-state index contributed by atoms with van der Waals surface area (Å²) < 4.78 is 11.9. The molecular formula is C29H33N7O3. The number of pyridine rings is 1. The van der Waals surface area contributed by atoms with E-state index >= 15 is 0 Å². The Morgan fingerprint density at radius 1 is 1.18 bits per heavy atom. The average molecular weight is 528 g/mol. The normalized spacial score (nSPS) is 24.1. The van der Waals surface area contributed by atoms with E-state index < -0.39 is 5.41 Å². The third-order valence-corrected chi connectivity index (χ3v) is 8.78. The van der Waals surface area contributed by atoms with E-state index in [1.165, 1.54) is 24.1 Å². The van der Waals surface area contributed by atoms with Crippen LogP contribution in [0, 0.1) is 28.6 Å². The van der Waals surface area contributed by atoms with Crippen molar-refractivity contribution in [2.75, 3.05) is 44.3 Å². The van der Waals surface area contributed by atoms with Crippen LogP contribution in [0.3, 0.4) is 0 Å². The van der Waals surface area contributed by atoms with Crippen molar-refractivity contribution in [1.82, 2.24) is 19.9 Å². The molecular weight excluding hydrogens is 494 g/mol. The Bertz CT molecular complexity index is 1340. The third kappa shape index (κ3) is 4.96. The van der Waals surface area contributed by atoms with Gasteiger partial charge in [0.1, 0.15) is 18.1 Å². The fraction of sp³-hybridized carbons (Fsp3) is 0.586. The Kier molecular flexibility index (Phi) is 6.19. The van der Waals surface area contributed by atoms with Crippen LogP contribution in [0.4, 0.5) is 5.82 Å². The maximum Gasteiger partial charge on any atom is 0.319 e. The smallest absolute Gasteiger partial charge is 0.319 e. The van der Waals surface area contributed by atoms with Crippen LogP contribution < -0.4 is 9.64 Å². The van der Waals surface area contributed by atoms with Crippen LogP contribution in [0.5, 0.6) is 6.01 Å². The molecule has 39 heavy (non-hydrogen) atoms. The van der Waals surface area contributed by atoms with E-state index in [-0.39, 0.29) is 24.6 Å². The Morgan fingerprint density at radius 2 is 2.03 bits per heavy atom. The summed E-state index contributed by atoms with van der Waals surface area (Å²) in [5, 5.41) is 9.49. The molecule has 0 bridgehead atoms. The number of piperidine rings is 1. The molecule has 2 aromatic heterocycles. The maximum atomic E-state index is 13.6. The number of carbonyl (C=O) groups excluding carboxylic acids is 1. The van der Waals surface area contributed by atoms with E-state index in [0.717, 1.165) is 44.5 Å². The minimum absolute atomic E-state index is 0.113. The first kappa shape index (κ1) is 24.5. The molecule has 5 aliphatic rings. The number of hydrogen-bond donors (Lipinski definition) is 0. The van der Waals surface area contributed by atoms with E-state index in [1.807, 2.05) is 17.2 Å². The van der Waals surface area contributed by atoms with E-state index in [4.69, 9.17) is 19.5 Å². The summed E-state index contributed by atoms with van der Waals surface area (Å²) in [5.41, 5.74) is 3.31. The molecule has 202 valence electrons. The van der Waals surface area contributed by atoms with Gasteiger partial charge in [-0.15, -0.1) is 0 Å². The van der Waals surface area contributed by atoms with Gasteiger partial charge in [0.15, 0.2) is 0 Å². The van der Waals surface area contributed by atoms with Gasteiger partial charge in [-0.05, 0) is 56.6 Å². The largest absolute Gasteiger partial charge is 0.462 e. The monoisotopic (exact) mass is 527 g/mol. The molecule has 1 unspecified atom stereocenters. The van der Waals surface area contributed by atoms with Crippen molar-refractivity contribution in [3.05, 3.63) is 41.3 Å². The molecule has 2 aliphatic carbocycles. The quantitative estimate of drug-likeness (QED) is 0.539. The van der Waals surface area contributed by atoms with Gasteiger partial charge in [0, 0.05) is 55.6 Å². The molecule has 2 saturated heterocycles. The molecule has 2 saturated carbocycles. The van der Waals surface area contributed by atoms with Crippen LogP contribution in [0.25, 0.3) is 0 Å². The van der Waals surface area contributed by atoms with Gasteiger partial charge < -0.3 is 19.3 Å². The Labute approximate surface area is 228 Å². The molecule has 10 heteroatoms. The predicted molar refractivity (Wildman–Crippen MR) is 143 cm³/mol. The van der Waals surface area contributed by atoms with Crippen molar-refractivity contribution in [3.8, 4) is 12.1 Å². The lowest BCUT2D eigenvalue weighted by Gasteiger charge is -2.34. The highest BCUT2D eigenvalue weighted by molar-refractivity contribution is 6.04. The molecule has 1 amide bonds. The third-order valence-electron chi connectivity index (χ3n) is 8.78. The summed E-state index contributed by atoms with van der Waals surface area (Å²) in [6.45, 7) is 4.21. The molecule has 7 rings (SSSR count). The second kappa shape index (κ2) is 9.87. The molecule has 1 atom stereocenters. The first-order valence-electron chi connectivity index (χ1n) is 14.2. The molecule has 3 aliphatic heterocycles. The number of aromatic nitrogens is 3. The number of carbonyl (C=O) groups is 1. The summed E-state index contributed by atoms with van der Waals surface area (Å²) in [5.74, 6) is 1.53. The molecule has 2 aromatic rings. The molecule has 10 nitrogen and oxygen atoms in total. The predicted octanol–water partition coefficient (Wildman–Crippen LogP) is 3.02. The SMILES string of the molecule is N#CC1(COc2nc(C(=O)N3CCOC(C4CC4)C3)cc(N3CCC(C4=NCc5ncccc54)CC3)n2)CC1. The molecule has 0 aromatic carbocycles. The van der Waals surface area contributed by atoms with E-state index in [9.17, 15) is 10.1 Å². The lowest BCUT2D eigenvalue weighted by atomic mass is 9.88. The fourth-order valence-electron chi connectivity index (χ4n) is 5.94. The second-order valence-corrected chi connectivity index (χ2v) is 11.5. The summed E-state index contributed by atoms with van der Waals surface area (Å²) >= 11 is 0. The lowest BCUT2D eigenvalue weighted by Crippen LogP contribution is -2.46. The number of fused-ring (bicyclic) bond motifs is 1. The zero-order valence-corrected chi connectivity index (χ0v) is 22.1. The standard InChI is InChI=1S/C29H33N7O3/c30-17-29(7-8-29)18-39-28-33-22(27(37)36-12-13-38-24(16-36)19-3-4-19)14-25(34-28)35-10-5-20(6-11-35)26-21-2-1-9-31-23(21)15-32-26/h1-2,9,14,19-20,24H,3-8,10-13,15-16,18H2. The van der Waals surface area contributed by atoms with Crippen molar-refractivity contribution in [2.24, 2.45) is 22.2 Å². The summed E-state index contributed by atoms with van der Waals surface area (Å²) in [6, 6.07) is 8.44. The number of rotatable bonds is 7. The van der Waals surface area contributed by atoms with E-state index in [0.29, 0.717) is 49.6 Å². The van der Waals surface area contributed by atoms with Gasteiger partial charge in [0.2, 0.25) is 0 Å². The number of hydrogen-bond acceptors (Lipinski definition) is 9. The molecule has 0 spiro atoms. The van der Waals surface area contributed by atoms with Crippen LogP contribution in [-0.2, 0) is 11.3 Å².